The second-order valence-electron chi connectivity index (χ2n) is 3.94. The zero-order valence-corrected chi connectivity index (χ0v) is 9.81. The predicted octanol–water partition coefficient (Wildman–Crippen LogP) is 2.47. The van der Waals surface area contributed by atoms with Gasteiger partial charge in [-0.2, -0.15) is 0 Å². The van der Waals surface area contributed by atoms with Crippen molar-refractivity contribution in [3.63, 3.8) is 0 Å². The Morgan fingerprint density at radius 3 is 2.65 bits per heavy atom. The summed E-state index contributed by atoms with van der Waals surface area (Å²) in [6.45, 7) is 3.71. The molecule has 0 bridgehead atoms. The first kappa shape index (κ1) is 11.4. The van der Waals surface area contributed by atoms with Crippen LogP contribution in [-0.2, 0) is 0 Å². The third kappa shape index (κ3) is 2.72. The van der Waals surface area contributed by atoms with E-state index in [1.165, 1.54) is 0 Å². The molecule has 0 saturated carbocycles. The smallest absolute Gasteiger partial charge is 0.290 e. The lowest BCUT2D eigenvalue weighted by Gasteiger charge is -2.12. The quantitative estimate of drug-likeness (QED) is 0.881. The first-order chi connectivity index (χ1) is 8.16. The molecule has 0 unspecified atom stereocenters. The van der Waals surface area contributed by atoms with Gasteiger partial charge in [0.05, 0.1) is 11.7 Å². The molecule has 0 saturated heterocycles. The van der Waals surface area contributed by atoms with Crippen molar-refractivity contribution in [3.8, 4) is 0 Å². The fourth-order valence-corrected chi connectivity index (χ4v) is 1.56. The number of benzene rings is 1. The maximum atomic E-state index is 11.8. The molecule has 4 nitrogen and oxygen atoms in total. The molecule has 1 heterocycles. The molecular weight excluding hydrogens is 216 g/mol. The number of hydrogen-bond acceptors (Lipinski definition) is 3. The molecule has 1 atom stereocenters. The molecule has 0 spiro atoms. The van der Waals surface area contributed by atoms with Gasteiger partial charge in [0.1, 0.15) is 0 Å². The van der Waals surface area contributed by atoms with Crippen molar-refractivity contribution in [2.45, 2.75) is 19.9 Å². The van der Waals surface area contributed by atoms with E-state index in [9.17, 15) is 4.79 Å². The fourth-order valence-electron chi connectivity index (χ4n) is 1.56. The summed E-state index contributed by atoms with van der Waals surface area (Å²) in [5.41, 5.74) is 1.75. The van der Waals surface area contributed by atoms with E-state index in [-0.39, 0.29) is 17.7 Å². The highest BCUT2D eigenvalue weighted by Gasteiger charge is 2.14. The van der Waals surface area contributed by atoms with Gasteiger partial charge in [0.15, 0.2) is 0 Å². The zero-order valence-electron chi connectivity index (χ0n) is 9.81. The van der Waals surface area contributed by atoms with Crippen LogP contribution in [0.5, 0.6) is 0 Å². The highest BCUT2D eigenvalue weighted by molar-refractivity contribution is 5.91. The van der Waals surface area contributed by atoms with Gasteiger partial charge >= 0.3 is 0 Å². The van der Waals surface area contributed by atoms with Crippen molar-refractivity contribution in [3.05, 3.63) is 53.4 Å². The molecule has 1 aromatic heterocycles. The minimum absolute atomic E-state index is 0.0610. The number of nitrogens with one attached hydrogen (secondary N) is 1. The number of rotatable bonds is 3. The summed E-state index contributed by atoms with van der Waals surface area (Å²) < 4.78 is 4.90. The Labute approximate surface area is 99.6 Å². The topological polar surface area (TPSA) is 55.1 Å². The van der Waals surface area contributed by atoms with Gasteiger partial charge in [0.25, 0.3) is 5.91 Å². The standard InChI is InChI=1S/C13H14N2O2/c1-9-8-12(17-15-9)13(16)14-10(2)11-6-4-3-5-7-11/h3-8,10H,1-2H3,(H,14,16)/t10-/m0/s1. The lowest BCUT2D eigenvalue weighted by molar-refractivity contribution is 0.0902. The molecule has 1 aromatic carbocycles. The number of nitrogens with zero attached hydrogens (tertiary/aromatic N) is 1. The fraction of sp³-hybridized carbons (Fsp3) is 0.231. The zero-order chi connectivity index (χ0) is 12.3. The van der Waals surface area contributed by atoms with Crippen LogP contribution in [0.1, 0.15) is 34.8 Å². The van der Waals surface area contributed by atoms with Crippen LogP contribution in [0.3, 0.4) is 0 Å². The lowest BCUT2D eigenvalue weighted by Crippen LogP contribution is -2.26. The van der Waals surface area contributed by atoms with Crippen LogP contribution in [0.2, 0.25) is 0 Å². The third-order valence-electron chi connectivity index (χ3n) is 2.50. The highest BCUT2D eigenvalue weighted by atomic mass is 16.5. The lowest BCUT2D eigenvalue weighted by atomic mass is 10.1. The molecule has 2 rings (SSSR count). The van der Waals surface area contributed by atoms with Gasteiger partial charge in [-0.25, -0.2) is 0 Å². The number of aryl methyl sites for hydroxylation is 1. The van der Waals surface area contributed by atoms with Crippen LogP contribution >= 0.6 is 0 Å². The Balaban J connectivity index is 2.04. The van der Waals surface area contributed by atoms with Crippen LogP contribution in [0.15, 0.2) is 40.9 Å². The van der Waals surface area contributed by atoms with Crippen molar-refractivity contribution >= 4 is 5.91 Å². The predicted molar refractivity (Wildman–Crippen MR) is 63.6 cm³/mol. The molecule has 0 aliphatic heterocycles. The molecular formula is C13H14N2O2. The maximum absolute atomic E-state index is 11.8. The number of carbonyl (C=O) groups excluding carboxylic acids is 1. The molecule has 1 amide bonds. The Bertz CT molecular complexity index is 505. The van der Waals surface area contributed by atoms with Crippen molar-refractivity contribution in [2.24, 2.45) is 0 Å². The summed E-state index contributed by atoms with van der Waals surface area (Å²) >= 11 is 0. The second-order valence-corrected chi connectivity index (χ2v) is 3.94. The molecule has 1 N–H and O–H groups in total. The molecule has 0 radical (unpaired) electrons. The van der Waals surface area contributed by atoms with E-state index in [1.54, 1.807) is 13.0 Å². The first-order valence-electron chi connectivity index (χ1n) is 5.46. The number of aromatic nitrogens is 1. The van der Waals surface area contributed by atoms with Crippen LogP contribution in [0.4, 0.5) is 0 Å². The summed E-state index contributed by atoms with van der Waals surface area (Å²) in [6.07, 6.45) is 0. The van der Waals surface area contributed by atoms with E-state index in [1.807, 2.05) is 37.3 Å². The average Bonchev–Trinajstić information content (AvgIpc) is 2.77. The summed E-state index contributed by atoms with van der Waals surface area (Å²) in [4.78, 5) is 11.8. The molecule has 88 valence electrons. The van der Waals surface area contributed by atoms with E-state index < -0.39 is 0 Å². The molecule has 0 aliphatic rings. The van der Waals surface area contributed by atoms with Crippen LogP contribution in [0.25, 0.3) is 0 Å². The Hall–Kier alpha value is -2.10. The minimum atomic E-state index is -0.248. The van der Waals surface area contributed by atoms with Crippen LogP contribution < -0.4 is 5.32 Å². The molecule has 0 aliphatic carbocycles. The summed E-state index contributed by atoms with van der Waals surface area (Å²) in [6, 6.07) is 11.3. The van der Waals surface area contributed by atoms with Crippen molar-refractivity contribution in [2.75, 3.05) is 0 Å². The van der Waals surface area contributed by atoms with Gasteiger partial charge in [-0.15, -0.1) is 0 Å². The molecule has 2 aromatic rings. The van der Waals surface area contributed by atoms with Gasteiger partial charge in [0.2, 0.25) is 5.76 Å². The van der Waals surface area contributed by atoms with E-state index in [0.29, 0.717) is 5.69 Å². The maximum Gasteiger partial charge on any atom is 0.290 e. The third-order valence-corrected chi connectivity index (χ3v) is 2.50. The van der Waals surface area contributed by atoms with Gasteiger partial charge in [0, 0.05) is 6.07 Å². The number of carbonyl (C=O) groups is 1. The van der Waals surface area contributed by atoms with Crippen molar-refractivity contribution < 1.29 is 9.32 Å². The average molecular weight is 230 g/mol. The SMILES string of the molecule is Cc1cc(C(=O)N[C@@H](C)c2ccccc2)on1. The highest BCUT2D eigenvalue weighted by Crippen LogP contribution is 2.12. The Kier molecular flexibility index (Phi) is 3.23. The van der Waals surface area contributed by atoms with Crippen molar-refractivity contribution in [1.82, 2.24) is 10.5 Å². The van der Waals surface area contributed by atoms with E-state index >= 15 is 0 Å². The van der Waals surface area contributed by atoms with Crippen LogP contribution in [-0.4, -0.2) is 11.1 Å². The molecule has 17 heavy (non-hydrogen) atoms. The minimum Gasteiger partial charge on any atom is -0.351 e. The second kappa shape index (κ2) is 4.82. The summed E-state index contributed by atoms with van der Waals surface area (Å²) in [7, 11) is 0. The summed E-state index contributed by atoms with van der Waals surface area (Å²) in [5.74, 6) is -0.00719. The van der Waals surface area contributed by atoms with E-state index in [2.05, 4.69) is 10.5 Å². The summed E-state index contributed by atoms with van der Waals surface area (Å²) in [5, 5.41) is 6.53. The van der Waals surface area contributed by atoms with Gasteiger partial charge < -0.3 is 9.84 Å². The Morgan fingerprint density at radius 1 is 1.35 bits per heavy atom. The first-order valence-corrected chi connectivity index (χ1v) is 5.46. The molecule has 0 fully saturated rings. The normalized spacial score (nSPS) is 12.1. The van der Waals surface area contributed by atoms with E-state index in [4.69, 9.17) is 4.52 Å². The molecule has 4 heteroatoms. The number of amides is 1. The van der Waals surface area contributed by atoms with Gasteiger partial charge in [-0.3, -0.25) is 4.79 Å². The van der Waals surface area contributed by atoms with Gasteiger partial charge in [-0.05, 0) is 19.4 Å². The van der Waals surface area contributed by atoms with Crippen molar-refractivity contribution in [1.29, 1.82) is 0 Å². The van der Waals surface area contributed by atoms with Crippen LogP contribution in [0, 0.1) is 6.92 Å². The number of hydrogen-bond donors (Lipinski definition) is 1. The van der Waals surface area contributed by atoms with Gasteiger partial charge in [-0.1, -0.05) is 35.5 Å². The van der Waals surface area contributed by atoms with E-state index in [0.717, 1.165) is 5.56 Å². The Morgan fingerprint density at radius 2 is 2.06 bits per heavy atom. The largest absolute Gasteiger partial charge is 0.351 e. The monoisotopic (exact) mass is 230 g/mol.